The molecule has 0 aliphatic carbocycles. The van der Waals surface area contributed by atoms with E-state index in [0.29, 0.717) is 52.8 Å². The van der Waals surface area contributed by atoms with Crippen LogP contribution < -0.4 is 29.0 Å². The van der Waals surface area contributed by atoms with Crippen molar-refractivity contribution in [1.29, 1.82) is 0 Å². The first-order valence-corrected chi connectivity index (χ1v) is 12.1. The fourth-order valence-corrected chi connectivity index (χ4v) is 4.21. The van der Waals surface area contributed by atoms with E-state index in [1.165, 1.54) is 0 Å². The Bertz CT molecular complexity index is 1070. The van der Waals surface area contributed by atoms with Crippen molar-refractivity contribution in [3.8, 4) is 28.7 Å². The third-order valence-electron chi connectivity index (χ3n) is 6.21. The van der Waals surface area contributed by atoms with E-state index >= 15 is 0 Å². The second kappa shape index (κ2) is 13.2. The zero-order chi connectivity index (χ0) is 26.8. The minimum absolute atomic E-state index is 0.152. The highest BCUT2D eigenvalue weighted by Crippen LogP contribution is 2.41. The van der Waals surface area contributed by atoms with Crippen LogP contribution in [-0.4, -0.2) is 63.9 Å². The quantitative estimate of drug-likeness (QED) is 0.301. The molecule has 37 heavy (non-hydrogen) atoms. The van der Waals surface area contributed by atoms with E-state index in [-0.39, 0.29) is 12.6 Å². The van der Waals surface area contributed by atoms with E-state index in [1.807, 2.05) is 49.4 Å². The second-order valence-electron chi connectivity index (χ2n) is 8.79. The van der Waals surface area contributed by atoms with Crippen molar-refractivity contribution in [2.45, 2.75) is 31.1 Å². The second-order valence-corrected chi connectivity index (χ2v) is 8.79. The van der Waals surface area contributed by atoms with Crippen LogP contribution in [0.2, 0.25) is 0 Å². The topological polar surface area (TPSA) is 98.6 Å². The lowest BCUT2D eigenvalue weighted by molar-refractivity contribution is 0.0552. The lowest BCUT2D eigenvalue weighted by Crippen LogP contribution is -2.41. The Morgan fingerprint density at radius 2 is 1.27 bits per heavy atom. The van der Waals surface area contributed by atoms with Gasteiger partial charge in [0.25, 0.3) is 0 Å². The molecule has 2 atom stereocenters. The fourth-order valence-electron chi connectivity index (χ4n) is 4.21. The Balaban J connectivity index is 1.82. The SMILES string of the molecule is COc1ccc(C(O)(CC(C)NC[C@H](O)COc2ccccc2)c2ccc(OC)c(OC)c2)cc1OC. The molecule has 0 fully saturated rings. The molecule has 3 rings (SSSR count). The molecule has 0 aromatic heterocycles. The number of aliphatic hydroxyl groups excluding tert-OH is 1. The number of benzene rings is 3. The average molecular weight is 512 g/mol. The highest BCUT2D eigenvalue weighted by atomic mass is 16.5. The molecule has 0 heterocycles. The largest absolute Gasteiger partial charge is 0.493 e. The summed E-state index contributed by atoms with van der Waals surface area (Å²) >= 11 is 0. The number of ether oxygens (including phenoxy) is 5. The molecule has 3 N–H and O–H groups in total. The summed E-state index contributed by atoms with van der Waals surface area (Å²) in [5.74, 6) is 2.84. The van der Waals surface area contributed by atoms with Gasteiger partial charge < -0.3 is 39.2 Å². The van der Waals surface area contributed by atoms with Gasteiger partial charge in [-0.3, -0.25) is 0 Å². The Labute approximate surface area is 218 Å². The number of hydrogen-bond acceptors (Lipinski definition) is 8. The predicted molar refractivity (Wildman–Crippen MR) is 142 cm³/mol. The maximum Gasteiger partial charge on any atom is 0.161 e. The molecule has 0 radical (unpaired) electrons. The van der Waals surface area contributed by atoms with Crippen LogP contribution in [0.5, 0.6) is 28.7 Å². The monoisotopic (exact) mass is 511 g/mol. The van der Waals surface area contributed by atoms with Gasteiger partial charge in [0.2, 0.25) is 0 Å². The molecule has 0 amide bonds. The van der Waals surface area contributed by atoms with E-state index in [0.717, 1.165) is 0 Å². The zero-order valence-electron chi connectivity index (χ0n) is 22.1. The molecule has 8 heteroatoms. The first-order chi connectivity index (χ1) is 17.8. The van der Waals surface area contributed by atoms with E-state index in [4.69, 9.17) is 23.7 Å². The Kier molecular flexibility index (Phi) is 10.0. The van der Waals surface area contributed by atoms with Crippen molar-refractivity contribution in [1.82, 2.24) is 5.32 Å². The van der Waals surface area contributed by atoms with Crippen molar-refractivity contribution in [2.75, 3.05) is 41.6 Å². The molecule has 200 valence electrons. The summed E-state index contributed by atoms with van der Waals surface area (Å²) < 4.78 is 27.4. The summed E-state index contributed by atoms with van der Waals surface area (Å²) in [4.78, 5) is 0. The molecule has 0 spiro atoms. The van der Waals surface area contributed by atoms with E-state index in [9.17, 15) is 10.2 Å². The number of aliphatic hydroxyl groups is 2. The van der Waals surface area contributed by atoms with Gasteiger partial charge >= 0.3 is 0 Å². The minimum atomic E-state index is -1.42. The van der Waals surface area contributed by atoms with Crippen molar-refractivity contribution >= 4 is 0 Å². The van der Waals surface area contributed by atoms with Crippen LogP contribution in [0.15, 0.2) is 66.7 Å². The van der Waals surface area contributed by atoms with Gasteiger partial charge in [0, 0.05) is 12.6 Å². The summed E-state index contributed by atoms with van der Waals surface area (Å²) in [6, 6.07) is 19.9. The van der Waals surface area contributed by atoms with Gasteiger partial charge in [-0.15, -0.1) is 0 Å². The number of para-hydroxylation sites is 1. The van der Waals surface area contributed by atoms with Crippen molar-refractivity contribution in [3.05, 3.63) is 77.9 Å². The standard InChI is InChI=1S/C29H37NO7/c1-20(30-18-23(31)19-37-24-9-7-6-8-10-24)17-29(32,21-11-13-25(33-2)27(15-21)35-4)22-12-14-26(34-3)28(16-22)36-5/h6-16,20,23,30-32H,17-19H2,1-5H3/t20?,23-/m0/s1. The maximum atomic E-state index is 12.2. The summed E-state index contributed by atoms with van der Waals surface area (Å²) in [7, 11) is 6.24. The smallest absolute Gasteiger partial charge is 0.161 e. The van der Waals surface area contributed by atoms with Crippen LogP contribution in [0.25, 0.3) is 0 Å². The molecular formula is C29H37NO7. The zero-order valence-corrected chi connectivity index (χ0v) is 22.1. The average Bonchev–Trinajstić information content (AvgIpc) is 2.94. The van der Waals surface area contributed by atoms with Gasteiger partial charge in [-0.25, -0.2) is 0 Å². The highest BCUT2D eigenvalue weighted by Gasteiger charge is 2.35. The summed E-state index contributed by atoms with van der Waals surface area (Å²) in [5, 5.41) is 25.9. The Hall–Kier alpha value is -3.46. The summed E-state index contributed by atoms with van der Waals surface area (Å²) in [6.07, 6.45) is -0.428. The molecule has 0 aliphatic heterocycles. The molecular weight excluding hydrogens is 474 g/mol. The Morgan fingerprint density at radius 3 is 1.76 bits per heavy atom. The summed E-state index contributed by atoms with van der Waals surface area (Å²) in [6.45, 7) is 2.40. The van der Waals surface area contributed by atoms with Gasteiger partial charge in [0.05, 0.1) is 28.4 Å². The predicted octanol–water partition coefficient (Wildman–Crippen LogP) is 3.77. The molecule has 3 aromatic rings. The fraction of sp³-hybridized carbons (Fsp3) is 0.379. The third-order valence-corrected chi connectivity index (χ3v) is 6.21. The van der Waals surface area contributed by atoms with Crippen LogP contribution >= 0.6 is 0 Å². The van der Waals surface area contributed by atoms with Gasteiger partial charge in [0.15, 0.2) is 23.0 Å². The highest BCUT2D eigenvalue weighted by molar-refractivity contribution is 5.51. The number of nitrogens with one attached hydrogen (secondary N) is 1. The number of hydrogen-bond donors (Lipinski definition) is 3. The van der Waals surface area contributed by atoms with Gasteiger partial charge in [0.1, 0.15) is 24.1 Å². The molecule has 0 aliphatic rings. The first-order valence-electron chi connectivity index (χ1n) is 12.1. The normalized spacial score (nSPS) is 12.9. The van der Waals surface area contributed by atoms with Gasteiger partial charge in [-0.05, 0) is 60.9 Å². The van der Waals surface area contributed by atoms with Crippen LogP contribution in [0.3, 0.4) is 0 Å². The van der Waals surface area contributed by atoms with Gasteiger partial charge in [-0.2, -0.15) is 0 Å². The molecule has 0 bridgehead atoms. The molecule has 0 saturated heterocycles. The van der Waals surface area contributed by atoms with Crippen LogP contribution in [0, 0.1) is 0 Å². The van der Waals surface area contributed by atoms with E-state index in [2.05, 4.69) is 5.32 Å². The van der Waals surface area contributed by atoms with E-state index < -0.39 is 11.7 Å². The van der Waals surface area contributed by atoms with Crippen molar-refractivity contribution < 1.29 is 33.9 Å². The lowest BCUT2D eigenvalue weighted by Gasteiger charge is -2.33. The summed E-state index contributed by atoms with van der Waals surface area (Å²) in [5.41, 5.74) is -0.172. The van der Waals surface area contributed by atoms with E-state index in [1.54, 1.807) is 52.7 Å². The van der Waals surface area contributed by atoms with Crippen LogP contribution in [0.1, 0.15) is 24.5 Å². The third kappa shape index (κ3) is 7.07. The molecule has 0 saturated carbocycles. The Morgan fingerprint density at radius 1 is 0.757 bits per heavy atom. The molecule has 8 nitrogen and oxygen atoms in total. The lowest BCUT2D eigenvalue weighted by atomic mass is 9.81. The number of rotatable bonds is 14. The molecule has 3 aromatic carbocycles. The minimum Gasteiger partial charge on any atom is -0.493 e. The van der Waals surface area contributed by atoms with Crippen LogP contribution in [-0.2, 0) is 5.60 Å². The maximum absolute atomic E-state index is 12.2. The van der Waals surface area contributed by atoms with Gasteiger partial charge in [-0.1, -0.05) is 30.3 Å². The first kappa shape index (κ1) is 28.1. The van der Waals surface area contributed by atoms with Crippen LogP contribution in [0.4, 0.5) is 0 Å². The van der Waals surface area contributed by atoms with Crippen molar-refractivity contribution in [2.24, 2.45) is 0 Å². The van der Waals surface area contributed by atoms with Crippen molar-refractivity contribution in [3.63, 3.8) is 0 Å². The number of methoxy groups -OCH3 is 4. The molecule has 1 unspecified atom stereocenters.